The molecule has 4 heterocycles. The van der Waals surface area contributed by atoms with Crippen LogP contribution in [0.25, 0.3) is 0 Å². The highest BCUT2D eigenvalue weighted by Gasteiger charge is 2.24. The summed E-state index contributed by atoms with van der Waals surface area (Å²) in [5.41, 5.74) is 6.79. The number of rotatable bonds is 4. The maximum atomic E-state index is 12.8. The van der Waals surface area contributed by atoms with Crippen LogP contribution < -0.4 is 10.6 Å². The fourth-order valence-electron chi connectivity index (χ4n) is 3.45. The molecule has 0 unspecified atom stereocenters. The molecule has 0 aromatic carbocycles. The van der Waals surface area contributed by atoms with E-state index >= 15 is 0 Å². The Bertz CT molecular complexity index is 1090. The number of anilines is 2. The van der Waals surface area contributed by atoms with Crippen molar-refractivity contribution >= 4 is 23.3 Å². The number of hydrogen-bond donors (Lipinski definition) is 1. The summed E-state index contributed by atoms with van der Waals surface area (Å²) in [6, 6.07) is 10.3. The van der Waals surface area contributed by atoms with E-state index in [-0.39, 0.29) is 20.4 Å². The van der Waals surface area contributed by atoms with Crippen LogP contribution in [0.15, 0.2) is 47.1 Å². The normalized spacial score (nSPS) is 14.4. The molecule has 9 heteroatoms. The van der Waals surface area contributed by atoms with E-state index < -0.39 is 0 Å². The van der Waals surface area contributed by atoms with E-state index in [4.69, 9.17) is 10.3 Å². The molecule has 1 aliphatic rings. The Morgan fingerprint density at radius 2 is 1.97 bits per heavy atom. The molecule has 30 heavy (non-hydrogen) atoms. The number of pyridine rings is 2. The number of amides is 1. The molecule has 3 aromatic rings. The molecule has 4 rings (SSSR count). The summed E-state index contributed by atoms with van der Waals surface area (Å²) in [6.45, 7) is 4.22. The first-order valence-electron chi connectivity index (χ1n) is 9.73. The van der Waals surface area contributed by atoms with Gasteiger partial charge in [-0.3, -0.25) is 9.59 Å². The van der Waals surface area contributed by atoms with Gasteiger partial charge in [0.15, 0.2) is 5.69 Å². The summed E-state index contributed by atoms with van der Waals surface area (Å²) < 4.78 is 5.02. The molecule has 1 saturated heterocycles. The fraction of sp³-hybridized carbons (Fsp3) is 0.286. The fourth-order valence-corrected chi connectivity index (χ4v) is 3.45. The quantitative estimate of drug-likeness (QED) is 0.652. The standard InChI is InChI=1S/C21H22N6O3.2H2/c1-14-13-17(25-30-14)21(29)27-10-4-9-26(11-12-27)18-7-2-6-16(24-18)19(28)15-5-3-8-23-20(15)22;;/h2-3,5-8,13H,4,9-12H2,1H3,(H2,22,23);2*1H. The summed E-state index contributed by atoms with van der Waals surface area (Å²) in [5, 5.41) is 3.82. The Kier molecular flexibility index (Phi) is 5.42. The van der Waals surface area contributed by atoms with Crippen molar-refractivity contribution in [2.45, 2.75) is 13.3 Å². The van der Waals surface area contributed by atoms with Gasteiger partial charge < -0.3 is 20.1 Å². The third-order valence-corrected chi connectivity index (χ3v) is 5.00. The van der Waals surface area contributed by atoms with Gasteiger partial charge in [-0.1, -0.05) is 11.2 Å². The maximum Gasteiger partial charge on any atom is 0.276 e. The van der Waals surface area contributed by atoms with Crippen LogP contribution in [-0.4, -0.2) is 57.9 Å². The minimum Gasteiger partial charge on any atom is -0.383 e. The summed E-state index contributed by atoms with van der Waals surface area (Å²) in [6.07, 6.45) is 2.32. The zero-order chi connectivity index (χ0) is 21.1. The first-order valence-corrected chi connectivity index (χ1v) is 9.73. The molecule has 1 aliphatic heterocycles. The number of aryl methyl sites for hydroxylation is 1. The zero-order valence-electron chi connectivity index (χ0n) is 16.6. The summed E-state index contributed by atoms with van der Waals surface area (Å²) >= 11 is 0. The van der Waals surface area contributed by atoms with E-state index in [9.17, 15) is 9.59 Å². The maximum absolute atomic E-state index is 12.8. The first kappa shape index (κ1) is 19.6. The van der Waals surface area contributed by atoms with Crippen molar-refractivity contribution in [1.29, 1.82) is 0 Å². The number of nitrogen functional groups attached to an aromatic ring is 1. The molecule has 2 N–H and O–H groups in total. The lowest BCUT2D eigenvalue weighted by Crippen LogP contribution is -2.35. The van der Waals surface area contributed by atoms with Crippen LogP contribution in [0, 0.1) is 6.92 Å². The highest BCUT2D eigenvalue weighted by molar-refractivity contribution is 6.10. The molecule has 0 saturated carbocycles. The Morgan fingerprint density at radius 1 is 1.10 bits per heavy atom. The summed E-state index contributed by atoms with van der Waals surface area (Å²) in [7, 11) is 0. The predicted molar refractivity (Wildman–Crippen MR) is 115 cm³/mol. The second-order valence-electron chi connectivity index (χ2n) is 7.10. The van der Waals surface area contributed by atoms with E-state index in [1.54, 1.807) is 48.4 Å². The number of nitrogens with two attached hydrogens (primary N) is 1. The average molecular weight is 410 g/mol. The molecule has 3 aromatic heterocycles. The van der Waals surface area contributed by atoms with Crippen LogP contribution in [0.2, 0.25) is 0 Å². The van der Waals surface area contributed by atoms with Crippen LogP contribution >= 0.6 is 0 Å². The van der Waals surface area contributed by atoms with Gasteiger partial charge in [0.05, 0.1) is 5.56 Å². The molecular weight excluding hydrogens is 384 g/mol. The van der Waals surface area contributed by atoms with Gasteiger partial charge in [-0.15, -0.1) is 0 Å². The molecule has 1 amide bonds. The average Bonchev–Trinajstić information content (AvgIpc) is 3.05. The molecule has 0 atom stereocenters. The molecule has 158 valence electrons. The molecule has 1 fully saturated rings. The lowest BCUT2D eigenvalue weighted by molar-refractivity contribution is 0.0756. The van der Waals surface area contributed by atoms with Crippen molar-refractivity contribution < 1.29 is 17.0 Å². The van der Waals surface area contributed by atoms with Gasteiger partial charge in [0.2, 0.25) is 5.78 Å². The van der Waals surface area contributed by atoms with Crippen molar-refractivity contribution in [3.05, 3.63) is 65.3 Å². The van der Waals surface area contributed by atoms with Crippen LogP contribution in [0.5, 0.6) is 0 Å². The number of carbonyl (C=O) groups excluding carboxylic acids is 2. The van der Waals surface area contributed by atoms with Gasteiger partial charge in [0.25, 0.3) is 5.91 Å². The van der Waals surface area contributed by atoms with Gasteiger partial charge >= 0.3 is 0 Å². The van der Waals surface area contributed by atoms with Crippen LogP contribution in [0.1, 0.15) is 41.6 Å². The molecule has 0 bridgehead atoms. The third-order valence-electron chi connectivity index (χ3n) is 5.00. The molecular formula is C21H26N6O3. The second-order valence-corrected chi connectivity index (χ2v) is 7.10. The highest BCUT2D eigenvalue weighted by atomic mass is 16.5. The van der Waals surface area contributed by atoms with Crippen molar-refractivity contribution in [3.63, 3.8) is 0 Å². The van der Waals surface area contributed by atoms with Crippen molar-refractivity contribution in [3.8, 4) is 0 Å². The van der Waals surface area contributed by atoms with E-state index in [2.05, 4.69) is 20.0 Å². The van der Waals surface area contributed by atoms with Crippen LogP contribution in [-0.2, 0) is 0 Å². The van der Waals surface area contributed by atoms with Gasteiger partial charge in [0, 0.05) is 41.3 Å². The van der Waals surface area contributed by atoms with Crippen LogP contribution in [0.4, 0.5) is 11.6 Å². The van der Waals surface area contributed by atoms with Crippen LogP contribution in [0.3, 0.4) is 0 Å². The Balaban J connectivity index is 0.00000181. The first-order chi connectivity index (χ1) is 14.5. The predicted octanol–water partition coefficient (Wildman–Crippen LogP) is 2.43. The van der Waals surface area contributed by atoms with Gasteiger partial charge in [0.1, 0.15) is 23.1 Å². The Morgan fingerprint density at radius 3 is 2.73 bits per heavy atom. The lowest BCUT2D eigenvalue weighted by Gasteiger charge is -2.22. The molecule has 0 aliphatic carbocycles. The number of hydrogen-bond acceptors (Lipinski definition) is 8. The van der Waals surface area contributed by atoms with E-state index in [1.807, 2.05) is 6.07 Å². The van der Waals surface area contributed by atoms with Crippen molar-refractivity contribution in [1.82, 2.24) is 20.0 Å². The van der Waals surface area contributed by atoms with E-state index in [0.29, 0.717) is 48.2 Å². The number of ketones is 1. The Hall–Kier alpha value is -3.75. The summed E-state index contributed by atoms with van der Waals surface area (Å²) in [5.74, 6) is 1.07. The van der Waals surface area contributed by atoms with E-state index in [1.165, 1.54) is 0 Å². The monoisotopic (exact) mass is 410 g/mol. The van der Waals surface area contributed by atoms with Crippen molar-refractivity contribution in [2.24, 2.45) is 0 Å². The number of aromatic nitrogens is 3. The van der Waals surface area contributed by atoms with E-state index in [0.717, 1.165) is 13.0 Å². The smallest absolute Gasteiger partial charge is 0.276 e. The molecule has 9 nitrogen and oxygen atoms in total. The van der Waals surface area contributed by atoms with Gasteiger partial charge in [-0.05, 0) is 37.6 Å². The largest absolute Gasteiger partial charge is 0.383 e. The molecule has 0 radical (unpaired) electrons. The highest BCUT2D eigenvalue weighted by Crippen LogP contribution is 2.19. The molecule has 0 spiro atoms. The number of carbonyl (C=O) groups is 2. The SMILES string of the molecule is Cc1cc(C(=O)N2CCCN(c3cccc(C(=O)c4cccnc4N)n3)CC2)no1.[HH].[HH]. The van der Waals surface area contributed by atoms with Crippen molar-refractivity contribution in [2.75, 3.05) is 36.8 Å². The second kappa shape index (κ2) is 8.32. The lowest BCUT2D eigenvalue weighted by atomic mass is 10.1. The summed E-state index contributed by atoms with van der Waals surface area (Å²) in [4.78, 5) is 37.8. The Labute approximate surface area is 176 Å². The topological polar surface area (TPSA) is 118 Å². The minimum absolute atomic E-state index is 0. The zero-order valence-corrected chi connectivity index (χ0v) is 16.6. The van der Waals surface area contributed by atoms with Gasteiger partial charge in [-0.25, -0.2) is 9.97 Å². The number of nitrogens with zero attached hydrogens (tertiary/aromatic N) is 5. The minimum atomic E-state index is -0.268. The third kappa shape index (κ3) is 4.00. The van der Waals surface area contributed by atoms with Gasteiger partial charge in [-0.2, -0.15) is 0 Å².